The predicted octanol–water partition coefficient (Wildman–Crippen LogP) is 4.57. The Kier molecular flexibility index (Phi) is 5.89. The molecule has 0 spiro atoms. The Balaban J connectivity index is 1.39. The highest BCUT2D eigenvalue weighted by Gasteiger charge is 2.18. The van der Waals surface area contributed by atoms with Gasteiger partial charge in [0.1, 0.15) is 6.20 Å². The molecule has 9 heteroatoms. The fraction of sp³-hybridized carbons (Fsp3) is 0.269. The molecule has 0 amide bonds. The molecule has 1 aliphatic rings. The molecule has 1 atom stereocenters. The molecule has 0 aliphatic carbocycles. The molecule has 5 rings (SSSR count). The largest absolute Gasteiger partial charge is 0.433 e. The Morgan fingerprint density at radius 1 is 1.17 bits per heavy atom. The molecule has 0 fully saturated rings. The number of hydrogen-bond donors (Lipinski definition) is 1. The van der Waals surface area contributed by atoms with Gasteiger partial charge in [0.25, 0.3) is 11.7 Å². The first-order valence-corrected chi connectivity index (χ1v) is 11.4. The van der Waals surface area contributed by atoms with E-state index in [1.807, 2.05) is 13.0 Å². The maximum Gasteiger partial charge on any atom is 0.269 e. The Hall–Kier alpha value is -4.29. The normalized spacial score (nSPS) is 14.2. The number of ether oxygens (including phenoxy) is 1. The van der Waals surface area contributed by atoms with Gasteiger partial charge in [-0.15, -0.1) is 4.98 Å². The van der Waals surface area contributed by atoms with Crippen LogP contribution in [0, 0.1) is 13.5 Å². The van der Waals surface area contributed by atoms with Crippen molar-refractivity contribution in [1.82, 2.24) is 29.6 Å². The second-order valence-electron chi connectivity index (χ2n) is 8.86. The minimum atomic E-state index is -0.0917. The highest BCUT2D eigenvalue weighted by molar-refractivity contribution is 5.64. The Bertz CT molecular complexity index is 1420. The molecule has 176 valence electrons. The lowest BCUT2D eigenvalue weighted by Crippen LogP contribution is -2.27. The zero-order valence-corrected chi connectivity index (χ0v) is 19.9. The number of aromatic nitrogens is 5. The Morgan fingerprint density at radius 2 is 2.03 bits per heavy atom. The van der Waals surface area contributed by atoms with E-state index in [9.17, 15) is 0 Å². The van der Waals surface area contributed by atoms with Crippen LogP contribution in [0.3, 0.4) is 0 Å². The molecule has 3 aromatic heterocycles. The third-order valence-corrected chi connectivity index (χ3v) is 6.37. The standard InChI is InChI=1S/C26H26N8O/c1-16-9-19(10-20-14-33(4)8-7-22(16)20)23-13-30-25(27)26(32-23)35-21-12-31-34(15-21)17(2)18-5-6-24(28-3)29-11-18/h5-6,9-13,15,17H,7-8,14H2,1-2,4H3,(H2,27,30). The van der Waals surface area contributed by atoms with Gasteiger partial charge in [-0.3, -0.25) is 4.68 Å². The second-order valence-corrected chi connectivity index (χ2v) is 8.86. The molecule has 2 N–H and O–H groups in total. The van der Waals surface area contributed by atoms with Crippen molar-refractivity contribution < 1.29 is 4.74 Å². The zero-order valence-electron chi connectivity index (χ0n) is 19.9. The smallest absolute Gasteiger partial charge is 0.269 e. The van der Waals surface area contributed by atoms with Crippen molar-refractivity contribution in [3.63, 3.8) is 0 Å². The summed E-state index contributed by atoms with van der Waals surface area (Å²) in [5.74, 6) is 1.32. The first kappa shape index (κ1) is 22.5. The molecule has 9 nitrogen and oxygen atoms in total. The lowest BCUT2D eigenvalue weighted by molar-refractivity contribution is 0.312. The molecule has 35 heavy (non-hydrogen) atoms. The van der Waals surface area contributed by atoms with E-state index in [1.165, 1.54) is 16.7 Å². The van der Waals surface area contributed by atoms with Crippen LogP contribution in [0.5, 0.6) is 11.6 Å². The lowest BCUT2D eigenvalue weighted by Gasteiger charge is -2.27. The van der Waals surface area contributed by atoms with Crippen LogP contribution in [0.15, 0.2) is 49.1 Å². The van der Waals surface area contributed by atoms with Crippen molar-refractivity contribution in [3.8, 4) is 22.9 Å². The highest BCUT2D eigenvalue weighted by atomic mass is 16.5. The summed E-state index contributed by atoms with van der Waals surface area (Å²) < 4.78 is 7.75. The van der Waals surface area contributed by atoms with E-state index in [4.69, 9.17) is 17.0 Å². The summed E-state index contributed by atoms with van der Waals surface area (Å²) in [5, 5.41) is 4.42. The first-order valence-electron chi connectivity index (χ1n) is 11.4. The van der Waals surface area contributed by atoms with Crippen molar-refractivity contribution >= 4 is 11.6 Å². The Morgan fingerprint density at radius 3 is 2.80 bits per heavy atom. The van der Waals surface area contributed by atoms with Crippen LogP contribution in [0.1, 0.15) is 35.2 Å². The number of fused-ring (bicyclic) bond motifs is 1. The average molecular weight is 467 g/mol. The number of nitrogens with two attached hydrogens (primary N) is 1. The topological polar surface area (TPSA) is 99.3 Å². The van der Waals surface area contributed by atoms with Crippen LogP contribution in [0.25, 0.3) is 16.1 Å². The summed E-state index contributed by atoms with van der Waals surface area (Å²) >= 11 is 0. The molecule has 0 saturated carbocycles. The van der Waals surface area contributed by atoms with Crippen LogP contribution >= 0.6 is 0 Å². The first-order chi connectivity index (χ1) is 16.9. The van der Waals surface area contributed by atoms with Crippen LogP contribution in [0.2, 0.25) is 0 Å². The van der Waals surface area contributed by atoms with Crippen molar-refractivity contribution in [1.29, 1.82) is 0 Å². The predicted molar refractivity (Wildman–Crippen MR) is 133 cm³/mol. The summed E-state index contributed by atoms with van der Waals surface area (Å²) in [7, 11) is 2.14. The van der Waals surface area contributed by atoms with Gasteiger partial charge in [0, 0.05) is 24.2 Å². The highest BCUT2D eigenvalue weighted by Crippen LogP contribution is 2.31. The van der Waals surface area contributed by atoms with E-state index >= 15 is 0 Å². The number of pyridine rings is 1. The van der Waals surface area contributed by atoms with Crippen molar-refractivity contribution in [2.75, 3.05) is 19.3 Å². The number of nitrogens with zero attached hydrogens (tertiary/aromatic N) is 7. The quantitative estimate of drug-likeness (QED) is 0.430. The van der Waals surface area contributed by atoms with Gasteiger partial charge < -0.3 is 20.2 Å². The molecule has 1 unspecified atom stereocenters. The van der Waals surface area contributed by atoms with Gasteiger partial charge >= 0.3 is 0 Å². The lowest BCUT2D eigenvalue weighted by atomic mass is 9.92. The fourth-order valence-electron chi connectivity index (χ4n) is 4.37. The summed E-state index contributed by atoms with van der Waals surface area (Å²) in [5.41, 5.74) is 12.7. The number of likely N-dealkylation sites (N-methyl/N-ethyl adjacent to an activating group) is 1. The average Bonchev–Trinajstić information content (AvgIpc) is 3.33. The Labute approximate surface area is 204 Å². The summed E-state index contributed by atoms with van der Waals surface area (Å²) in [4.78, 5) is 18.8. The number of hydrogen-bond acceptors (Lipinski definition) is 7. The van der Waals surface area contributed by atoms with E-state index < -0.39 is 0 Å². The third-order valence-electron chi connectivity index (χ3n) is 6.37. The minimum Gasteiger partial charge on any atom is -0.433 e. The van der Waals surface area contributed by atoms with Crippen LogP contribution < -0.4 is 10.5 Å². The number of benzene rings is 1. The van der Waals surface area contributed by atoms with E-state index in [-0.39, 0.29) is 17.7 Å². The molecular formula is C26H26N8O. The fourth-order valence-corrected chi connectivity index (χ4v) is 4.37. The zero-order chi connectivity index (χ0) is 24.5. The van der Waals surface area contributed by atoms with E-state index in [0.717, 1.165) is 30.6 Å². The molecular weight excluding hydrogens is 440 g/mol. The molecule has 0 saturated heterocycles. The van der Waals surface area contributed by atoms with Crippen LogP contribution in [-0.2, 0) is 13.0 Å². The van der Waals surface area contributed by atoms with Crippen molar-refractivity contribution in [3.05, 3.63) is 82.7 Å². The van der Waals surface area contributed by atoms with Gasteiger partial charge in [-0.2, -0.15) is 5.10 Å². The molecule has 4 aromatic rings. The number of rotatable bonds is 5. The molecule has 1 aromatic carbocycles. The molecule has 4 heterocycles. The maximum atomic E-state index is 7.05. The van der Waals surface area contributed by atoms with Gasteiger partial charge in [0.05, 0.1) is 30.3 Å². The van der Waals surface area contributed by atoms with Gasteiger partial charge in [-0.1, -0.05) is 12.6 Å². The summed E-state index contributed by atoms with van der Waals surface area (Å²) in [6.45, 7) is 13.2. The van der Waals surface area contributed by atoms with E-state index in [0.29, 0.717) is 17.3 Å². The summed E-state index contributed by atoms with van der Waals surface area (Å²) in [6.07, 6.45) is 7.82. The molecule has 0 radical (unpaired) electrons. The van der Waals surface area contributed by atoms with Crippen LogP contribution in [0.4, 0.5) is 11.6 Å². The van der Waals surface area contributed by atoms with Crippen LogP contribution in [-0.4, -0.2) is 43.2 Å². The second kappa shape index (κ2) is 9.16. The number of aryl methyl sites for hydroxylation is 1. The van der Waals surface area contributed by atoms with Gasteiger partial charge in [-0.25, -0.2) is 9.97 Å². The van der Waals surface area contributed by atoms with E-state index in [2.05, 4.69) is 55.9 Å². The number of anilines is 1. The monoisotopic (exact) mass is 466 g/mol. The SMILES string of the molecule is [C-]#[N+]c1ccc(C(C)n2cc(Oc3nc(-c4cc(C)c5c(c4)CN(C)CC5)cnc3N)cn2)cn1. The van der Waals surface area contributed by atoms with Crippen molar-refractivity contribution in [2.24, 2.45) is 0 Å². The molecule has 1 aliphatic heterocycles. The summed E-state index contributed by atoms with van der Waals surface area (Å²) in [6, 6.07) is 7.82. The maximum absolute atomic E-state index is 7.05. The molecule has 0 bridgehead atoms. The minimum absolute atomic E-state index is 0.0917. The van der Waals surface area contributed by atoms with Gasteiger partial charge in [0.15, 0.2) is 11.6 Å². The third kappa shape index (κ3) is 4.56. The van der Waals surface area contributed by atoms with Gasteiger partial charge in [0.2, 0.25) is 0 Å². The van der Waals surface area contributed by atoms with Gasteiger partial charge in [-0.05, 0) is 62.2 Å². The van der Waals surface area contributed by atoms with Crippen molar-refractivity contribution in [2.45, 2.75) is 32.9 Å². The number of nitrogen functional groups attached to an aromatic ring is 1. The van der Waals surface area contributed by atoms with E-state index in [1.54, 1.807) is 35.5 Å².